The Morgan fingerprint density at radius 1 is 0.975 bits per heavy atom. The molecule has 0 saturated carbocycles. The summed E-state index contributed by atoms with van der Waals surface area (Å²) in [5, 5.41) is 23.9. The van der Waals surface area contributed by atoms with E-state index in [-0.39, 0.29) is 22.8 Å². The third-order valence-electron chi connectivity index (χ3n) is 5.88. The summed E-state index contributed by atoms with van der Waals surface area (Å²) in [5.41, 5.74) is 7.69. The Balaban J connectivity index is 1.96. The summed E-state index contributed by atoms with van der Waals surface area (Å²) in [4.78, 5) is 25.1. The van der Waals surface area contributed by atoms with E-state index in [9.17, 15) is 31.5 Å². The van der Waals surface area contributed by atoms with Crippen molar-refractivity contribution >= 4 is 43.3 Å². The molecule has 0 aliphatic rings. The first-order valence-corrected chi connectivity index (χ1v) is 15.4. The molecule has 0 spiro atoms. The van der Waals surface area contributed by atoms with Crippen LogP contribution in [-0.4, -0.2) is 74.3 Å². The van der Waals surface area contributed by atoms with Crippen LogP contribution in [0.1, 0.15) is 11.1 Å². The van der Waals surface area contributed by atoms with Crippen LogP contribution in [0, 0.1) is 0 Å². The van der Waals surface area contributed by atoms with Crippen LogP contribution in [0.3, 0.4) is 0 Å². The van der Waals surface area contributed by atoms with Crippen LogP contribution < -0.4 is 11.1 Å². The molecule has 14 heteroatoms. The van der Waals surface area contributed by atoms with Crippen LogP contribution in [0.15, 0.2) is 82.8 Å². The Kier molecular flexibility index (Phi) is 9.29. The van der Waals surface area contributed by atoms with Crippen LogP contribution in [0.4, 0.5) is 5.69 Å². The Bertz CT molecular complexity index is 1650. The van der Waals surface area contributed by atoms with Crippen molar-refractivity contribution in [3.05, 3.63) is 83.9 Å². The number of nitrogens with two attached hydrogens (primary N) is 1. The molecule has 0 aliphatic heterocycles. The van der Waals surface area contributed by atoms with E-state index in [4.69, 9.17) is 10.9 Å². The highest BCUT2D eigenvalue weighted by Gasteiger charge is 2.34. The van der Waals surface area contributed by atoms with Crippen molar-refractivity contribution in [1.82, 2.24) is 4.31 Å². The van der Waals surface area contributed by atoms with Crippen LogP contribution in [-0.2, 0) is 35.9 Å². The lowest BCUT2D eigenvalue weighted by Gasteiger charge is -2.28. The Hall–Kier alpha value is -4.27. The minimum Gasteiger partial charge on any atom is -0.480 e. The summed E-state index contributed by atoms with van der Waals surface area (Å²) >= 11 is 0. The van der Waals surface area contributed by atoms with Gasteiger partial charge in [0.15, 0.2) is 15.7 Å². The number of carboxylic acids is 1. The van der Waals surface area contributed by atoms with E-state index in [2.05, 4.69) is 10.5 Å². The van der Waals surface area contributed by atoms with Crippen LogP contribution in [0.5, 0.6) is 0 Å². The third-order valence-corrected chi connectivity index (χ3v) is 8.27. The molecule has 0 fully saturated rings. The number of amidine groups is 1. The molecule has 40 heavy (non-hydrogen) atoms. The molecule has 5 N–H and O–H groups in total. The molecular weight excluding hydrogens is 560 g/mol. The van der Waals surface area contributed by atoms with Gasteiger partial charge in [0.1, 0.15) is 12.6 Å². The maximum Gasteiger partial charge on any atom is 0.318 e. The SMILES string of the molecule is CS(=O)(=O)c1ccccc1-c1ccc(NC(=O)C(Cc2cccc(/C(N)=N/O)c2)N(CC(=O)O)S(C)(=O)=O)cc1. The third kappa shape index (κ3) is 7.65. The lowest BCUT2D eigenvalue weighted by atomic mass is 10.0. The number of anilines is 1. The average Bonchev–Trinajstić information content (AvgIpc) is 2.89. The van der Waals surface area contributed by atoms with Gasteiger partial charge in [0, 0.05) is 23.1 Å². The summed E-state index contributed by atoms with van der Waals surface area (Å²) in [5.74, 6) is -2.46. The minimum absolute atomic E-state index is 0.137. The summed E-state index contributed by atoms with van der Waals surface area (Å²) in [6, 6.07) is 17.4. The molecule has 1 atom stereocenters. The number of nitrogens with zero attached hydrogens (tertiary/aromatic N) is 2. The van der Waals surface area contributed by atoms with Crippen molar-refractivity contribution in [2.24, 2.45) is 10.9 Å². The first kappa shape index (κ1) is 30.3. The fraction of sp³-hybridized carbons (Fsp3) is 0.192. The number of aliphatic carboxylic acids is 1. The first-order chi connectivity index (χ1) is 18.7. The predicted molar refractivity (Wildman–Crippen MR) is 149 cm³/mol. The van der Waals surface area contributed by atoms with Gasteiger partial charge in [0.25, 0.3) is 0 Å². The average molecular weight is 589 g/mol. The second-order valence-corrected chi connectivity index (χ2v) is 12.9. The molecule has 3 rings (SSSR count). The number of amides is 1. The van der Waals surface area contributed by atoms with E-state index in [1.807, 2.05) is 0 Å². The highest BCUT2D eigenvalue weighted by atomic mass is 32.2. The molecule has 212 valence electrons. The van der Waals surface area contributed by atoms with Gasteiger partial charge in [-0.25, -0.2) is 16.8 Å². The van der Waals surface area contributed by atoms with Crippen molar-refractivity contribution in [3.8, 4) is 11.1 Å². The molecule has 12 nitrogen and oxygen atoms in total. The largest absolute Gasteiger partial charge is 0.480 e. The molecule has 1 unspecified atom stereocenters. The van der Waals surface area contributed by atoms with Crippen molar-refractivity contribution in [2.45, 2.75) is 17.4 Å². The Morgan fingerprint density at radius 3 is 2.20 bits per heavy atom. The molecule has 3 aromatic carbocycles. The van der Waals surface area contributed by atoms with E-state index < -0.39 is 44.3 Å². The number of nitrogens with one attached hydrogen (secondary N) is 1. The van der Waals surface area contributed by atoms with Gasteiger partial charge >= 0.3 is 5.97 Å². The summed E-state index contributed by atoms with van der Waals surface area (Å²) in [7, 11) is -7.67. The zero-order valence-electron chi connectivity index (χ0n) is 21.6. The van der Waals surface area contributed by atoms with Crippen LogP contribution in [0.2, 0.25) is 0 Å². The summed E-state index contributed by atoms with van der Waals surface area (Å²) in [6.07, 6.45) is 1.68. The number of sulfonamides is 1. The highest BCUT2D eigenvalue weighted by molar-refractivity contribution is 7.90. The molecule has 0 aromatic heterocycles. The molecule has 0 heterocycles. The quantitative estimate of drug-likeness (QED) is 0.112. The minimum atomic E-state index is -4.16. The van der Waals surface area contributed by atoms with E-state index >= 15 is 0 Å². The monoisotopic (exact) mass is 588 g/mol. The smallest absolute Gasteiger partial charge is 0.318 e. The Labute approximate surface area is 231 Å². The number of hydrogen-bond donors (Lipinski definition) is 4. The van der Waals surface area contributed by atoms with E-state index in [0.717, 1.165) is 12.5 Å². The van der Waals surface area contributed by atoms with Crippen molar-refractivity contribution in [1.29, 1.82) is 0 Å². The van der Waals surface area contributed by atoms with Crippen molar-refractivity contribution in [3.63, 3.8) is 0 Å². The number of carboxylic acid groups (broad SMARTS) is 1. The fourth-order valence-electron chi connectivity index (χ4n) is 4.04. The number of carbonyl (C=O) groups is 2. The summed E-state index contributed by atoms with van der Waals surface area (Å²) in [6.45, 7) is -0.960. The number of rotatable bonds is 11. The summed E-state index contributed by atoms with van der Waals surface area (Å²) < 4.78 is 50.1. The van der Waals surface area contributed by atoms with E-state index in [1.54, 1.807) is 48.5 Å². The maximum atomic E-state index is 13.4. The second-order valence-electron chi connectivity index (χ2n) is 8.94. The van der Waals surface area contributed by atoms with Gasteiger partial charge in [-0.15, -0.1) is 0 Å². The van der Waals surface area contributed by atoms with Crippen LogP contribution >= 0.6 is 0 Å². The fourth-order valence-corrected chi connectivity index (χ4v) is 5.93. The van der Waals surface area contributed by atoms with Crippen LogP contribution in [0.25, 0.3) is 11.1 Å². The maximum absolute atomic E-state index is 13.4. The number of hydrogen-bond acceptors (Lipinski definition) is 8. The van der Waals surface area contributed by atoms with Crippen molar-refractivity contribution in [2.75, 3.05) is 24.4 Å². The lowest BCUT2D eigenvalue weighted by molar-refractivity contribution is -0.137. The second kappa shape index (κ2) is 12.3. The number of sulfone groups is 1. The molecule has 0 aliphatic carbocycles. The molecule has 0 saturated heterocycles. The molecular formula is C26H28N4O8S2. The van der Waals surface area contributed by atoms with E-state index in [1.165, 1.54) is 24.3 Å². The first-order valence-electron chi connectivity index (χ1n) is 11.7. The highest BCUT2D eigenvalue weighted by Crippen LogP contribution is 2.28. The zero-order chi connectivity index (χ0) is 29.7. The van der Waals surface area contributed by atoms with Gasteiger partial charge in [-0.3, -0.25) is 9.59 Å². The van der Waals surface area contributed by atoms with Gasteiger partial charge in [-0.05, 0) is 41.8 Å². The molecule has 0 bridgehead atoms. The standard InChI is InChI=1S/C26H28N4O8S2/c1-39(35,36)23-9-4-3-8-21(23)18-10-12-20(13-11-18)28-26(33)22(30(16-24(31)32)40(2,37)38)15-17-6-5-7-19(14-17)25(27)29-34/h3-14,22,34H,15-16H2,1-2H3,(H2,27,29)(H,28,33)(H,31,32). The van der Waals surface area contributed by atoms with Crippen molar-refractivity contribution < 1.29 is 36.7 Å². The predicted octanol–water partition coefficient (Wildman–Crippen LogP) is 1.75. The zero-order valence-corrected chi connectivity index (χ0v) is 23.2. The van der Waals surface area contributed by atoms with Gasteiger partial charge < -0.3 is 21.4 Å². The normalized spacial score (nSPS) is 13.1. The van der Waals surface area contributed by atoms with Gasteiger partial charge in [0.2, 0.25) is 15.9 Å². The molecule has 1 amide bonds. The molecule has 3 aromatic rings. The van der Waals surface area contributed by atoms with Gasteiger partial charge in [-0.1, -0.05) is 53.7 Å². The Morgan fingerprint density at radius 2 is 1.62 bits per heavy atom. The van der Waals surface area contributed by atoms with Gasteiger partial charge in [-0.2, -0.15) is 4.31 Å². The molecule has 0 radical (unpaired) electrons. The number of oxime groups is 1. The number of carbonyl (C=O) groups excluding carboxylic acids is 1. The lowest BCUT2D eigenvalue weighted by Crippen LogP contribution is -2.50. The topological polar surface area (TPSA) is 197 Å². The number of benzene rings is 3. The van der Waals surface area contributed by atoms with Gasteiger partial charge in [0.05, 0.1) is 11.2 Å². The van der Waals surface area contributed by atoms with E-state index in [0.29, 0.717) is 26.6 Å².